The number of phenols is 1. The monoisotopic (exact) mass is 475 g/mol. The van der Waals surface area contributed by atoms with Crippen LogP contribution in [0, 0.1) is 6.92 Å². The number of rotatable bonds is 6. The third kappa shape index (κ3) is 23.6. The van der Waals surface area contributed by atoms with Crippen molar-refractivity contribution in [3.8, 4) is 5.75 Å². The number of aryl methyl sites for hydroxylation is 1. The van der Waals surface area contributed by atoms with Crippen LogP contribution in [-0.2, 0) is 14.3 Å². The first kappa shape index (κ1) is 33.2. The highest BCUT2D eigenvalue weighted by Crippen LogP contribution is 2.07. The van der Waals surface area contributed by atoms with E-state index in [9.17, 15) is 9.59 Å². The van der Waals surface area contributed by atoms with Crippen LogP contribution in [0.15, 0.2) is 60.7 Å². The van der Waals surface area contributed by atoms with Crippen LogP contribution < -0.4 is 5.32 Å². The van der Waals surface area contributed by atoms with E-state index in [1.807, 2.05) is 45.0 Å². The van der Waals surface area contributed by atoms with Crippen molar-refractivity contribution in [2.45, 2.75) is 86.4 Å². The van der Waals surface area contributed by atoms with E-state index < -0.39 is 17.7 Å². The van der Waals surface area contributed by atoms with Gasteiger partial charge in [-0.1, -0.05) is 87.7 Å². The van der Waals surface area contributed by atoms with Crippen molar-refractivity contribution in [1.82, 2.24) is 5.32 Å². The summed E-state index contributed by atoms with van der Waals surface area (Å²) in [7, 11) is 0. The Morgan fingerprint density at radius 3 is 1.82 bits per heavy atom. The molecule has 0 heterocycles. The second kappa shape index (κ2) is 20.6. The first-order valence-corrected chi connectivity index (χ1v) is 12.0. The average Bonchev–Trinajstić information content (AvgIpc) is 2.78. The Bertz CT molecular complexity index is 705. The third-order valence-corrected chi connectivity index (χ3v) is 3.77. The zero-order valence-electron chi connectivity index (χ0n) is 22.3. The predicted octanol–water partition coefficient (Wildman–Crippen LogP) is 7.05. The molecule has 192 valence electrons. The number of alkyl carbamates (subject to hydrolysis) is 1. The van der Waals surface area contributed by atoms with Crippen molar-refractivity contribution in [2.75, 3.05) is 6.54 Å². The summed E-state index contributed by atoms with van der Waals surface area (Å²) < 4.78 is 10.1. The minimum atomic E-state index is -0.610. The van der Waals surface area contributed by atoms with E-state index in [2.05, 4.69) is 31.3 Å². The largest absolute Gasteiger partial charge is 0.508 e. The zero-order valence-corrected chi connectivity index (χ0v) is 22.3. The lowest BCUT2D eigenvalue weighted by Crippen LogP contribution is -2.36. The second-order valence-electron chi connectivity index (χ2n) is 8.29. The minimum absolute atomic E-state index is 0.113. The highest BCUT2D eigenvalue weighted by Gasteiger charge is 2.17. The van der Waals surface area contributed by atoms with Crippen molar-refractivity contribution in [2.24, 2.45) is 0 Å². The van der Waals surface area contributed by atoms with Crippen LogP contribution in [0.2, 0.25) is 0 Å². The van der Waals surface area contributed by atoms with Gasteiger partial charge in [0.2, 0.25) is 0 Å². The number of phenolic OH excluding ortho intramolecular Hbond substituents is 1. The number of hydrogen-bond donors (Lipinski definition) is 2. The first-order chi connectivity index (χ1) is 16.0. The fourth-order valence-electron chi connectivity index (χ4n) is 2.24. The lowest BCUT2D eigenvalue weighted by molar-refractivity contribution is -0.147. The molecule has 0 saturated heterocycles. The number of carbonyl (C=O) groups excluding carboxylic acids is 2. The summed E-state index contributed by atoms with van der Waals surface area (Å²) in [6, 6.07) is 19.0. The van der Waals surface area contributed by atoms with Gasteiger partial charge in [-0.2, -0.15) is 0 Å². The van der Waals surface area contributed by atoms with E-state index in [1.54, 1.807) is 45.0 Å². The van der Waals surface area contributed by atoms with E-state index in [0.717, 1.165) is 19.3 Å². The summed E-state index contributed by atoms with van der Waals surface area (Å²) in [5.74, 6) is -0.119. The van der Waals surface area contributed by atoms with Gasteiger partial charge in [0, 0.05) is 0 Å². The summed E-state index contributed by atoms with van der Waals surface area (Å²) in [4.78, 5) is 22.7. The lowest BCUT2D eigenvalue weighted by atomic mass is 10.2. The standard InChI is InChI=1S/C13H25NO4.C7H8.C6H6O.C2H6/c1-6-7-8-10(2)17-11(15)9-14-12(16)18-13(3,4)5;1-7-5-3-2-4-6-7;7-6-4-2-1-3-5-6;1-2/h10H,6-9H2,1-5H3,(H,14,16);2-6H,1H3;1-5,7H;1-2H3/t10-;;;/m0.../s1. The summed E-state index contributed by atoms with van der Waals surface area (Å²) in [6.07, 6.45) is 2.21. The number of para-hydroxylation sites is 1. The Morgan fingerprint density at radius 2 is 1.47 bits per heavy atom. The number of unbranched alkanes of at least 4 members (excludes halogenated alkanes) is 1. The Hall–Kier alpha value is -3.02. The zero-order chi connectivity index (χ0) is 26.4. The van der Waals surface area contributed by atoms with Crippen LogP contribution in [0.5, 0.6) is 5.75 Å². The molecule has 0 unspecified atom stereocenters. The molecule has 2 rings (SSSR count). The number of hydrogen-bond acceptors (Lipinski definition) is 5. The molecule has 0 aliphatic rings. The van der Waals surface area contributed by atoms with Gasteiger partial charge in [0.15, 0.2) is 0 Å². The molecule has 1 amide bonds. The van der Waals surface area contributed by atoms with Crippen LogP contribution in [0.1, 0.15) is 73.3 Å². The van der Waals surface area contributed by atoms with Gasteiger partial charge < -0.3 is 19.9 Å². The number of nitrogens with one attached hydrogen (secondary N) is 1. The average molecular weight is 476 g/mol. The van der Waals surface area contributed by atoms with Gasteiger partial charge in [-0.05, 0) is 53.2 Å². The molecule has 0 saturated carbocycles. The molecule has 2 aromatic carbocycles. The van der Waals surface area contributed by atoms with Crippen molar-refractivity contribution in [1.29, 1.82) is 0 Å². The van der Waals surface area contributed by atoms with Gasteiger partial charge in [-0.25, -0.2) is 4.79 Å². The number of aromatic hydroxyl groups is 1. The first-order valence-electron chi connectivity index (χ1n) is 12.0. The predicted molar refractivity (Wildman–Crippen MR) is 140 cm³/mol. The molecule has 0 radical (unpaired) electrons. The SMILES string of the molecule is CC.CCCC[C@H](C)OC(=O)CNC(=O)OC(C)(C)C.Cc1ccccc1.Oc1ccccc1. The van der Waals surface area contributed by atoms with Gasteiger partial charge in [0.05, 0.1) is 6.10 Å². The molecule has 0 fully saturated rings. The number of amides is 1. The van der Waals surface area contributed by atoms with Gasteiger partial charge in [-0.3, -0.25) is 4.79 Å². The fourth-order valence-corrected chi connectivity index (χ4v) is 2.24. The summed E-state index contributed by atoms with van der Waals surface area (Å²) >= 11 is 0. The van der Waals surface area contributed by atoms with Crippen molar-refractivity contribution < 1.29 is 24.2 Å². The molecular weight excluding hydrogens is 430 g/mol. The van der Waals surface area contributed by atoms with Crippen molar-refractivity contribution >= 4 is 12.1 Å². The molecule has 6 nitrogen and oxygen atoms in total. The maximum atomic E-state index is 11.4. The molecule has 34 heavy (non-hydrogen) atoms. The molecule has 1 atom stereocenters. The topological polar surface area (TPSA) is 84.9 Å². The van der Waals surface area contributed by atoms with E-state index >= 15 is 0 Å². The molecule has 0 aliphatic heterocycles. The summed E-state index contributed by atoms with van der Waals surface area (Å²) in [5, 5.41) is 11.0. The Kier molecular flexibility index (Phi) is 20.1. The molecule has 0 aromatic heterocycles. The smallest absolute Gasteiger partial charge is 0.408 e. The maximum Gasteiger partial charge on any atom is 0.408 e. The second-order valence-corrected chi connectivity index (χ2v) is 8.29. The van der Waals surface area contributed by atoms with Gasteiger partial charge in [0.25, 0.3) is 0 Å². The molecule has 6 heteroatoms. The number of esters is 1. The van der Waals surface area contributed by atoms with E-state index in [0.29, 0.717) is 5.75 Å². The summed E-state index contributed by atoms with van der Waals surface area (Å²) in [6.45, 7) is 15.1. The minimum Gasteiger partial charge on any atom is -0.508 e. The highest BCUT2D eigenvalue weighted by molar-refractivity contribution is 5.78. The number of carbonyl (C=O) groups is 2. The van der Waals surface area contributed by atoms with Gasteiger partial charge in [0.1, 0.15) is 17.9 Å². The summed E-state index contributed by atoms with van der Waals surface area (Å²) in [5.41, 5.74) is 0.755. The molecule has 2 N–H and O–H groups in total. The Morgan fingerprint density at radius 1 is 0.971 bits per heavy atom. The van der Waals surface area contributed by atoms with Crippen LogP contribution >= 0.6 is 0 Å². The number of ether oxygens (including phenoxy) is 2. The van der Waals surface area contributed by atoms with E-state index in [1.165, 1.54) is 5.56 Å². The van der Waals surface area contributed by atoms with Crippen LogP contribution in [0.4, 0.5) is 4.79 Å². The van der Waals surface area contributed by atoms with Crippen molar-refractivity contribution in [3.63, 3.8) is 0 Å². The maximum absolute atomic E-state index is 11.4. The van der Waals surface area contributed by atoms with Crippen LogP contribution in [0.25, 0.3) is 0 Å². The fraction of sp³-hybridized carbons (Fsp3) is 0.500. The number of benzene rings is 2. The quantitative estimate of drug-likeness (QED) is 0.437. The Balaban J connectivity index is 0. The molecule has 0 bridgehead atoms. The molecule has 0 spiro atoms. The Labute approximate surface area is 206 Å². The van der Waals surface area contributed by atoms with Crippen LogP contribution in [0.3, 0.4) is 0 Å². The highest BCUT2D eigenvalue weighted by atomic mass is 16.6. The van der Waals surface area contributed by atoms with E-state index in [4.69, 9.17) is 14.6 Å². The molecule has 0 aliphatic carbocycles. The van der Waals surface area contributed by atoms with E-state index in [-0.39, 0.29) is 12.6 Å². The van der Waals surface area contributed by atoms with Gasteiger partial charge in [-0.15, -0.1) is 0 Å². The van der Waals surface area contributed by atoms with Crippen molar-refractivity contribution in [3.05, 3.63) is 66.2 Å². The normalized spacial score (nSPS) is 10.5. The van der Waals surface area contributed by atoms with Crippen LogP contribution in [-0.4, -0.2) is 35.4 Å². The molecule has 2 aromatic rings. The van der Waals surface area contributed by atoms with Gasteiger partial charge >= 0.3 is 12.1 Å². The molecular formula is C28H45NO5. The lowest BCUT2D eigenvalue weighted by Gasteiger charge is -2.19. The third-order valence-electron chi connectivity index (χ3n) is 3.77.